The van der Waals surface area contributed by atoms with Crippen LogP contribution in [0.4, 0.5) is 0 Å². The fourth-order valence-electron chi connectivity index (χ4n) is 7.28. The Morgan fingerprint density at radius 3 is 2.88 bits per heavy atom. The van der Waals surface area contributed by atoms with Crippen LogP contribution in [0.15, 0.2) is 12.1 Å². The summed E-state index contributed by atoms with van der Waals surface area (Å²) in [7, 11) is 1.79. The Balaban J connectivity index is 1.47. The number of hydrogen-bond donors (Lipinski definition) is 0. The SMILES string of the molecule is COc1ccc2c3c1O[C@H]1C(C)CC[C@H]4[C@@H](C2)N(CC2CCC2)CC[C@]314. The first-order valence-corrected chi connectivity index (χ1v) is 10.8. The van der Waals surface area contributed by atoms with Crippen molar-refractivity contribution in [1.82, 2.24) is 4.90 Å². The summed E-state index contributed by atoms with van der Waals surface area (Å²) in [6.07, 6.45) is 9.92. The second kappa shape index (κ2) is 5.41. The molecule has 0 aromatic heterocycles. The Kier molecular flexibility index (Phi) is 3.28. The lowest BCUT2D eigenvalue weighted by Crippen LogP contribution is -2.66. The average Bonchev–Trinajstić information content (AvgIpc) is 2.96. The number of benzene rings is 1. The quantitative estimate of drug-likeness (QED) is 0.814. The van der Waals surface area contributed by atoms with Crippen LogP contribution in [0.3, 0.4) is 0 Å². The number of methoxy groups -OCH3 is 1. The normalized spacial score (nSPS) is 40.5. The molecule has 26 heavy (non-hydrogen) atoms. The van der Waals surface area contributed by atoms with Gasteiger partial charge >= 0.3 is 0 Å². The van der Waals surface area contributed by atoms with Crippen molar-refractivity contribution in [1.29, 1.82) is 0 Å². The highest BCUT2D eigenvalue weighted by Gasteiger charge is 2.65. The molecule has 0 N–H and O–H groups in total. The van der Waals surface area contributed by atoms with Gasteiger partial charge in [0.05, 0.1) is 7.11 Å². The van der Waals surface area contributed by atoms with Crippen molar-refractivity contribution in [2.75, 3.05) is 20.2 Å². The minimum Gasteiger partial charge on any atom is -0.493 e. The lowest BCUT2D eigenvalue weighted by molar-refractivity contribution is -0.0780. The number of rotatable bonds is 3. The first-order valence-electron chi connectivity index (χ1n) is 10.8. The molecule has 1 unspecified atom stereocenters. The van der Waals surface area contributed by atoms with Gasteiger partial charge in [-0.25, -0.2) is 0 Å². The molecule has 2 heterocycles. The van der Waals surface area contributed by atoms with E-state index in [0.717, 1.165) is 29.4 Å². The maximum atomic E-state index is 6.72. The number of ether oxygens (including phenoxy) is 2. The standard InChI is InChI=1S/C23H31NO2/c1-14-6-8-17-18-12-16-7-9-19(25-2)21-20(16)23(17,22(14)26-21)10-11-24(18)13-15-4-3-5-15/h7,9,14-15,17-18,22H,3-6,8,10-13H2,1-2H3/t14?,17-,18+,22-,23-/m0/s1. The van der Waals surface area contributed by atoms with Crippen LogP contribution in [0, 0.1) is 17.8 Å². The van der Waals surface area contributed by atoms with Gasteiger partial charge in [0.1, 0.15) is 6.10 Å². The molecule has 1 aromatic rings. The third kappa shape index (κ3) is 1.83. The fraction of sp³-hybridized carbons (Fsp3) is 0.739. The van der Waals surface area contributed by atoms with Crippen LogP contribution in [0.2, 0.25) is 0 Å². The molecule has 2 saturated carbocycles. The summed E-state index contributed by atoms with van der Waals surface area (Å²) in [6.45, 7) is 5.02. The predicted octanol–water partition coefficient (Wildman–Crippen LogP) is 4.17. The maximum absolute atomic E-state index is 6.72. The van der Waals surface area contributed by atoms with Crippen LogP contribution in [-0.4, -0.2) is 37.2 Å². The molecule has 1 aromatic carbocycles. The second-order valence-electron chi connectivity index (χ2n) is 9.68. The van der Waals surface area contributed by atoms with Gasteiger partial charge in [0, 0.05) is 23.6 Å². The van der Waals surface area contributed by atoms with Crippen LogP contribution < -0.4 is 9.47 Å². The minimum absolute atomic E-state index is 0.260. The van der Waals surface area contributed by atoms with Gasteiger partial charge in [-0.1, -0.05) is 19.4 Å². The summed E-state index contributed by atoms with van der Waals surface area (Å²) >= 11 is 0. The van der Waals surface area contributed by atoms with Crippen LogP contribution in [0.1, 0.15) is 56.6 Å². The van der Waals surface area contributed by atoms with Crippen molar-refractivity contribution >= 4 is 0 Å². The second-order valence-corrected chi connectivity index (χ2v) is 9.68. The molecule has 6 rings (SSSR count). The molecule has 3 fully saturated rings. The highest BCUT2D eigenvalue weighted by molar-refractivity contribution is 5.61. The molecular weight excluding hydrogens is 322 g/mol. The first kappa shape index (κ1) is 15.8. The molecule has 1 spiro atoms. The van der Waals surface area contributed by atoms with Crippen molar-refractivity contribution in [2.45, 2.75) is 69.4 Å². The Bertz CT molecular complexity index is 742. The zero-order valence-electron chi connectivity index (χ0n) is 16.2. The molecule has 3 nitrogen and oxygen atoms in total. The van der Waals surface area contributed by atoms with Gasteiger partial charge in [0.25, 0.3) is 0 Å². The minimum atomic E-state index is 0.260. The van der Waals surface area contributed by atoms with E-state index in [4.69, 9.17) is 9.47 Å². The summed E-state index contributed by atoms with van der Waals surface area (Å²) in [4.78, 5) is 2.89. The summed E-state index contributed by atoms with van der Waals surface area (Å²) in [5.74, 6) is 4.44. The fourth-order valence-corrected chi connectivity index (χ4v) is 7.28. The van der Waals surface area contributed by atoms with Gasteiger partial charge in [-0.15, -0.1) is 0 Å². The molecule has 3 heteroatoms. The summed E-state index contributed by atoms with van der Waals surface area (Å²) in [5.41, 5.74) is 3.37. The van der Waals surface area contributed by atoms with E-state index >= 15 is 0 Å². The van der Waals surface area contributed by atoms with Crippen molar-refractivity contribution in [3.63, 3.8) is 0 Å². The Morgan fingerprint density at radius 2 is 2.12 bits per heavy atom. The topological polar surface area (TPSA) is 21.7 Å². The highest BCUT2D eigenvalue weighted by Crippen LogP contribution is 2.64. The van der Waals surface area contributed by atoms with E-state index in [0.29, 0.717) is 12.0 Å². The molecule has 1 saturated heterocycles. The smallest absolute Gasteiger partial charge is 0.165 e. The summed E-state index contributed by atoms with van der Waals surface area (Å²) < 4.78 is 12.4. The number of hydrogen-bond acceptors (Lipinski definition) is 3. The van der Waals surface area contributed by atoms with Crippen molar-refractivity contribution in [3.8, 4) is 11.5 Å². The third-order valence-corrected chi connectivity index (χ3v) is 8.65. The Morgan fingerprint density at radius 1 is 1.23 bits per heavy atom. The monoisotopic (exact) mass is 353 g/mol. The van der Waals surface area contributed by atoms with E-state index in [2.05, 4.69) is 24.0 Å². The van der Waals surface area contributed by atoms with E-state index in [1.165, 1.54) is 58.0 Å². The van der Waals surface area contributed by atoms with E-state index in [-0.39, 0.29) is 5.41 Å². The largest absolute Gasteiger partial charge is 0.493 e. The zero-order valence-corrected chi connectivity index (χ0v) is 16.2. The van der Waals surface area contributed by atoms with Crippen LogP contribution in [0.25, 0.3) is 0 Å². The average molecular weight is 354 g/mol. The Labute approximate surface area is 157 Å². The number of piperidine rings is 1. The molecule has 5 aliphatic rings. The van der Waals surface area contributed by atoms with E-state index in [9.17, 15) is 0 Å². The zero-order chi connectivity index (χ0) is 17.5. The van der Waals surface area contributed by atoms with Gasteiger partial charge in [-0.05, 0) is 74.5 Å². The summed E-state index contributed by atoms with van der Waals surface area (Å²) in [5, 5.41) is 0. The molecule has 0 radical (unpaired) electrons. The molecule has 0 amide bonds. The van der Waals surface area contributed by atoms with Gasteiger partial charge < -0.3 is 9.47 Å². The first-order chi connectivity index (χ1) is 12.7. The molecular formula is C23H31NO2. The Hall–Kier alpha value is -1.22. The summed E-state index contributed by atoms with van der Waals surface area (Å²) in [6, 6.07) is 5.23. The third-order valence-electron chi connectivity index (χ3n) is 8.65. The van der Waals surface area contributed by atoms with Gasteiger partial charge in [0.15, 0.2) is 11.5 Å². The number of likely N-dealkylation sites (tertiary alicyclic amines) is 1. The van der Waals surface area contributed by atoms with Gasteiger partial charge in [-0.3, -0.25) is 4.90 Å². The van der Waals surface area contributed by atoms with Crippen molar-refractivity contribution in [2.24, 2.45) is 17.8 Å². The molecule has 3 aliphatic carbocycles. The van der Waals surface area contributed by atoms with Crippen LogP contribution in [-0.2, 0) is 11.8 Å². The number of nitrogens with zero attached hydrogens (tertiary/aromatic N) is 1. The van der Waals surface area contributed by atoms with Gasteiger partial charge in [0.2, 0.25) is 0 Å². The molecule has 140 valence electrons. The maximum Gasteiger partial charge on any atom is 0.165 e. The van der Waals surface area contributed by atoms with E-state index in [1.807, 2.05) is 0 Å². The predicted molar refractivity (Wildman–Crippen MR) is 102 cm³/mol. The van der Waals surface area contributed by atoms with E-state index < -0.39 is 0 Å². The van der Waals surface area contributed by atoms with Crippen molar-refractivity contribution < 1.29 is 9.47 Å². The van der Waals surface area contributed by atoms with Crippen molar-refractivity contribution in [3.05, 3.63) is 23.3 Å². The molecule has 5 atom stereocenters. The lowest BCUT2D eigenvalue weighted by Gasteiger charge is -2.60. The van der Waals surface area contributed by atoms with E-state index in [1.54, 1.807) is 18.2 Å². The highest BCUT2D eigenvalue weighted by atomic mass is 16.5. The van der Waals surface area contributed by atoms with Crippen LogP contribution >= 0.6 is 0 Å². The van der Waals surface area contributed by atoms with Gasteiger partial charge in [-0.2, -0.15) is 0 Å². The molecule has 2 bridgehead atoms. The molecule has 2 aliphatic heterocycles. The van der Waals surface area contributed by atoms with Crippen LogP contribution in [0.5, 0.6) is 11.5 Å². The lowest BCUT2D eigenvalue weighted by atomic mass is 9.50.